The lowest BCUT2D eigenvalue weighted by Crippen LogP contribution is -2.24. The lowest BCUT2D eigenvalue weighted by molar-refractivity contribution is -0.301. The Balaban J connectivity index is 2.31. The molecule has 0 bridgehead atoms. The number of carboxylic acids is 1. The second-order valence-electron chi connectivity index (χ2n) is 2.66. The Morgan fingerprint density at radius 2 is 2.40 bits per heavy atom. The highest BCUT2D eigenvalue weighted by Gasteiger charge is 2.07. The first-order valence-electron chi connectivity index (χ1n) is 3.95. The lowest BCUT2D eigenvalue weighted by atomic mass is 10.5. The third-order valence-electron chi connectivity index (χ3n) is 1.62. The first-order valence-corrected chi connectivity index (χ1v) is 4.94. The minimum absolute atomic E-state index is 0.173. The van der Waals surface area contributed by atoms with Crippen molar-refractivity contribution in [3.05, 3.63) is 6.33 Å². The van der Waals surface area contributed by atoms with Crippen molar-refractivity contribution in [3.8, 4) is 0 Å². The molecule has 2 aromatic heterocycles. The maximum atomic E-state index is 10.2. The maximum Gasteiger partial charge on any atom is 0.183 e. The van der Waals surface area contributed by atoms with Crippen molar-refractivity contribution < 1.29 is 9.90 Å². The number of H-pyrrole nitrogens is 1. The highest BCUT2D eigenvalue weighted by atomic mass is 32.2. The number of fused-ring (bicyclic) bond motifs is 1. The molecular weight excluding hydrogens is 218 g/mol. The molecule has 2 rings (SSSR count). The largest absolute Gasteiger partial charge is 0.549 e. The number of anilines is 1. The van der Waals surface area contributed by atoms with Crippen LogP contribution in [0.25, 0.3) is 11.2 Å². The van der Waals surface area contributed by atoms with Crippen LogP contribution in [0.1, 0.15) is 0 Å². The average molecular weight is 224 g/mol. The molecule has 2 heterocycles. The summed E-state index contributed by atoms with van der Waals surface area (Å²) in [6, 6.07) is 0. The Labute approximate surface area is 88.1 Å². The Kier molecular flexibility index (Phi) is 2.42. The van der Waals surface area contributed by atoms with Crippen LogP contribution in [-0.4, -0.2) is 31.7 Å². The van der Waals surface area contributed by atoms with E-state index in [1.54, 1.807) is 0 Å². The summed E-state index contributed by atoms with van der Waals surface area (Å²) in [4.78, 5) is 24.7. The van der Waals surface area contributed by atoms with E-state index < -0.39 is 5.97 Å². The van der Waals surface area contributed by atoms with Gasteiger partial charge in [0.2, 0.25) is 0 Å². The van der Waals surface area contributed by atoms with E-state index in [1.165, 1.54) is 6.33 Å². The minimum Gasteiger partial charge on any atom is -0.549 e. The molecule has 0 fully saturated rings. The summed E-state index contributed by atoms with van der Waals surface area (Å²) in [5.74, 6) is -1.04. The Hall–Kier alpha value is -1.83. The van der Waals surface area contributed by atoms with Gasteiger partial charge in [-0.3, -0.25) is 0 Å². The van der Waals surface area contributed by atoms with Gasteiger partial charge < -0.3 is 20.6 Å². The number of imidazole rings is 1. The smallest absolute Gasteiger partial charge is 0.183 e. The molecule has 0 amide bonds. The highest BCUT2D eigenvalue weighted by Crippen LogP contribution is 2.19. The fourth-order valence-corrected chi connectivity index (χ4v) is 1.60. The molecule has 0 aromatic carbocycles. The van der Waals surface area contributed by atoms with Gasteiger partial charge in [0.15, 0.2) is 16.6 Å². The van der Waals surface area contributed by atoms with Gasteiger partial charge in [0.1, 0.15) is 11.8 Å². The predicted molar refractivity (Wildman–Crippen MR) is 51.8 cm³/mol. The van der Waals surface area contributed by atoms with Gasteiger partial charge in [0.05, 0.1) is 5.97 Å². The topological polar surface area (TPSA) is 121 Å². The Morgan fingerprint density at radius 1 is 1.60 bits per heavy atom. The van der Waals surface area contributed by atoms with Crippen LogP contribution >= 0.6 is 11.8 Å². The van der Waals surface area contributed by atoms with Crippen LogP contribution in [0, 0.1) is 0 Å². The molecule has 0 atom stereocenters. The molecule has 0 aliphatic heterocycles. The van der Waals surface area contributed by atoms with E-state index in [9.17, 15) is 9.90 Å². The van der Waals surface area contributed by atoms with Gasteiger partial charge in [-0.2, -0.15) is 0 Å². The zero-order chi connectivity index (χ0) is 10.8. The van der Waals surface area contributed by atoms with Crippen molar-refractivity contribution >= 4 is 34.7 Å². The predicted octanol–water partition coefficient (Wildman–Crippen LogP) is -1.22. The summed E-state index contributed by atoms with van der Waals surface area (Å²) in [5.41, 5.74) is 6.50. The highest BCUT2D eigenvalue weighted by molar-refractivity contribution is 7.99. The SMILES string of the molecule is Nc1ncnc2nc(SCC(=O)[O-])[nH]c12. The normalized spacial score (nSPS) is 10.7. The zero-order valence-corrected chi connectivity index (χ0v) is 8.24. The molecule has 78 valence electrons. The number of thioether (sulfide) groups is 1. The molecule has 0 saturated carbocycles. The molecule has 8 heteroatoms. The van der Waals surface area contributed by atoms with Gasteiger partial charge >= 0.3 is 0 Å². The summed E-state index contributed by atoms with van der Waals surface area (Å²) in [6.07, 6.45) is 1.30. The van der Waals surface area contributed by atoms with Crippen molar-refractivity contribution in [3.63, 3.8) is 0 Å². The van der Waals surface area contributed by atoms with Crippen LogP contribution in [0.5, 0.6) is 0 Å². The summed E-state index contributed by atoms with van der Waals surface area (Å²) in [6.45, 7) is 0. The number of aromatic amines is 1. The fraction of sp³-hybridized carbons (Fsp3) is 0.143. The van der Waals surface area contributed by atoms with E-state index in [4.69, 9.17) is 5.73 Å². The summed E-state index contributed by atoms with van der Waals surface area (Å²) < 4.78 is 0. The fourth-order valence-electron chi connectivity index (χ4n) is 1.02. The molecule has 2 aromatic rings. The first kappa shape index (κ1) is 9.71. The number of aliphatic carboxylic acids is 1. The van der Waals surface area contributed by atoms with Crippen molar-refractivity contribution in [2.75, 3.05) is 11.5 Å². The van der Waals surface area contributed by atoms with Crippen LogP contribution < -0.4 is 10.8 Å². The molecule has 15 heavy (non-hydrogen) atoms. The number of hydrogen-bond donors (Lipinski definition) is 2. The van der Waals surface area contributed by atoms with Crippen LogP contribution in [-0.2, 0) is 4.79 Å². The molecule has 0 saturated heterocycles. The number of nitrogens with zero attached hydrogens (tertiary/aromatic N) is 3. The molecule has 0 aliphatic rings. The van der Waals surface area contributed by atoms with Crippen LogP contribution in [0.4, 0.5) is 5.82 Å². The Morgan fingerprint density at radius 3 is 3.07 bits per heavy atom. The van der Waals surface area contributed by atoms with E-state index in [2.05, 4.69) is 19.9 Å². The van der Waals surface area contributed by atoms with Gasteiger partial charge in [-0.15, -0.1) is 0 Å². The number of carboxylic acid groups (broad SMARTS) is 1. The second-order valence-corrected chi connectivity index (χ2v) is 3.62. The van der Waals surface area contributed by atoms with Gasteiger partial charge in [0.25, 0.3) is 0 Å². The number of nitrogens with two attached hydrogens (primary N) is 1. The van der Waals surface area contributed by atoms with Gasteiger partial charge in [-0.05, 0) is 0 Å². The number of hydrogen-bond acceptors (Lipinski definition) is 7. The van der Waals surface area contributed by atoms with Crippen molar-refractivity contribution in [1.82, 2.24) is 19.9 Å². The average Bonchev–Trinajstić information content (AvgIpc) is 2.59. The van der Waals surface area contributed by atoms with E-state index in [0.29, 0.717) is 16.3 Å². The van der Waals surface area contributed by atoms with Crippen LogP contribution in [0.2, 0.25) is 0 Å². The lowest BCUT2D eigenvalue weighted by Gasteiger charge is -1.96. The molecule has 0 radical (unpaired) electrons. The van der Waals surface area contributed by atoms with E-state index in [1.807, 2.05) is 0 Å². The molecule has 3 N–H and O–H groups in total. The van der Waals surface area contributed by atoms with Gasteiger partial charge in [0, 0.05) is 5.75 Å². The molecule has 0 aliphatic carbocycles. The summed E-state index contributed by atoms with van der Waals surface area (Å²) in [7, 11) is 0. The number of nitrogens with one attached hydrogen (secondary N) is 1. The summed E-state index contributed by atoms with van der Waals surface area (Å²) >= 11 is 1.01. The second kappa shape index (κ2) is 3.73. The van der Waals surface area contributed by atoms with Gasteiger partial charge in [-0.1, -0.05) is 11.8 Å². The molecular formula is C7H6N5O2S-. The number of nitrogen functional groups attached to an aromatic ring is 1. The van der Waals surface area contributed by atoms with Crippen molar-refractivity contribution in [1.29, 1.82) is 0 Å². The first-order chi connectivity index (χ1) is 7.16. The zero-order valence-electron chi connectivity index (χ0n) is 7.43. The van der Waals surface area contributed by atoms with E-state index in [0.717, 1.165) is 11.8 Å². The van der Waals surface area contributed by atoms with E-state index >= 15 is 0 Å². The summed E-state index contributed by atoms with van der Waals surface area (Å²) in [5, 5.41) is 10.7. The number of carbonyl (C=O) groups is 1. The van der Waals surface area contributed by atoms with Gasteiger partial charge in [-0.25, -0.2) is 15.0 Å². The van der Waals surface area contributed by atoms with Crippen molar-refractivity contribution in [2.24, 2.45) is 0 Å². The maximum absolute atomic E-state index is 10.2. The quantitative estimate of drug-likeness (QED) is 0.626. The van der Waals surface area contributed by atoms with Crippen LogP contribution in [0.15, 0.2) is 11.5 Å². The third kappa shape index (κ3) is 1.99. The monoisotopic (exact) mass is 224 g/mol. The standard InChI is InChI=1S/C7H7N5O2S/c8-5-4-6(10-2-9-5)12-7(11-4)15-1-3(13)14/h2H,1H2,(H,13,14)(H3,8,9,10,11,12)/p-1. The Bertz CT molecular complexity index is 511. The molecule has 0 unspecified atom stereocenters. The number of carbonyl (C=O) groups excluding carboxylic acids is 1. The minimum atomic E-state index is -1.15. The molecule has 0 spiro atoms. The third-order valence-corrected chi connectivity index (χ3v) is 2.47. The number of aromatic nitrogens is 4. The van der Waals surface area contributed by atoms with Crippen LogP contribution in [0.3, 0.4) is 0 Å². The number of rotatable bonds is 3. The van der Waals surface area contributed by atoms with E-state index in [-0.39, 0.29) is 11.6 Å². The van der Waals surface area contributed by atoms with Crippen molar-refractivity contribution in [2.45, 2.75) is 5.16 Å². The molecule has 7 nitrogen and oxygen atoms in total.